The van der Waals surface area contributed by atoms with E-state index >= 15 is 0 Å². The molecule has 3 heteroatoms. The Kier molecular flexibility index (Phi) is 3.14. The molecule has 0 spiro atoms. The molecule has 0 aliphatic rings. The summed E-state index contributed by atoms with van der Waals surface area (Å²) in [5.41, 5.74) is 1.87. The molecule has 0 aromatic carbocycles. The summed E-state index contributed by atoms with van der Waals surface area (Å²) in [4.78, 5) is 3.15. The molecule has 0 saturated carbocycles. The zero-order chi connectivity index (χ0) is 8.41. The van der Waals surface area contributed by atoms with E-state index in [1.54, 1.807) is 0 Å². The molecule has 0 saturated heterocycles. The molecule has 0 rings (SSSR count). The Hall–Kier alpha value is 0.207. The summed E-state index contributed by atoms with van der Waals surface area (Å²) in [5.74, 6) is 0. The van der Waals surface area contributed by atoms with Crippen LogP contribution in [0.1, 0.15) is 20.8 Å². The molecule has 0 aromatic heterocycles. The summed E-state index contributed by atoms with van der Waals surface area (Å²) in [5, 5.41) is 0.130. The fourth-order valence-electron chi connectivity index (χ4n) is 0.783. The standard InChI is InChI=1S/C7H16ClNSi/c1-6-10(8,9-5)7(2,3)4/h6,9H,1H2,2-5H3. The highest BCUT2D eigenvalue weighted by Gasteiger charge is 2.39. The van der Waals surface area contributed by atoms with Crippen LogP contribution in [0.15, 0.2) is 12.3 Å². The molecule has 1 atom stereocenters. The van der Waals surface area contributed by atoms with Crippen LogP contribution in [0.5, 0.6) is 0 Å². The predicted octanol–water partition coefficient (Wildman–Crippen LogP) is 2.41. The molecule has 1 N–H and O–H groups in total. The van der Waals surface area contributed by atoms with E-state index in [0.717, 1.165) is 0 Å². The Labute approximate surface area is 69.3 Å². The number of nitrogens with one attached hydrogen (secondary N) is 1. The fourth-order valence-corrected chi connectivity index (χ4v) is 2.35. The summed E-state index contributed by atoms with van der Waals surface area (Å²) in [6.45, 7) is 10.1. The van der Waals surface area contributed by atoms with Gasteiger partial charge in [-0.1, -0.05) is 26.5 Å². The Bertz CT molecular complexity index is 130. The topological polar surface area (TPSA) is 12.0 Å². The van der Waals surface area contributed by atoms with Gasteiger partial charge in [-0.15, -0.1) is 17.7 Å². The van der Waals surface area contributed by atoms with Crippen LogP contribution in [-0.4, -0.2) is 14.6 Å². The summed E-state index contributed by atoms with van der Waals surface area (Å²) < 4.78 is 0. The molecule has 0 aliphatic heterocycles. The minimum Gasteiger partial charge on any atom is -0.325 e. The van der Waals surface area contributed by atoms with E-state index in [9.17, 15) is 0 Å². The van der Waals surface area contributed by atoms with Gasteiger partial charge in [0.05, 0.1) is 0 Å². The molecule has 1 nitrogen and oxygen atoms in total. The lowest BCUT2D eigenvalue weighted by Gasteiger charge is -2.33. The van der Waals surface area contributed by atoms with Crippen molar-refractivity contribution in [1.82, 2.24) is 4.98 Å². The first-order valence-electron chi connectivity index (χ1n) is 3.39. The second-order valence-electron chi connectivity index (χ2n) is 3.42. The zero-order valence-electron chi connectivity index (χ0n) is 7.16. The van der Waals surface area contributed by atoms with E-state index in [2.05, 4.69) is 32.3 Å². The van der Waals surface area contributed by atoms with E-state index in [-0.39, 0.29) is 5.04 Å². The molecule has 0 radical (unpaired) electrons. The van der Waals surface area contributed by atoms with Gasteiger partial charge in [0, 0.05) is 0 Å². The first kappa shape index (κ1) is 10.2. The Morgan fingerprint density at radius 1 is 1.50 bits per heavy atom. The number of hydrogen-bond acceptors (Lipinski definition) is 1. The highest BCUT2D eigenvalue weighted by atomic mass is 35.6. The van der Waals surface area contributed by atoms with Crippen molar-refractivity contribution < 1.29 is 0 Å². The first-order chi connectivity index (χ1) is 4.37. The van der Waals surface area contributed by atoms with Gasteiger partial charge in [-0.25, -0.2) is 0 Å². The summed E-state index contributed by atoms with van der Waals surface area (Å²) >= 11 is 6.29. The van der Waals surface area contributed by atoms with Crippen molar-refractivity contribution in [2.45, 2.75) is 25.8 Å². The average molecular weight is 178 g/mol. The zero-order valence-corrected chi connectivity index (χ0v) is 8.92. The summed E-state index contributed by atoms with van der Waals surface area (Å²) in [6.07, 6.45) is 0. The van der Waals surface area contributed by atoms with Crippen LogP contribution in [0.3, 0.4) is 0 Å². The summed E-state index contributed by atoms with van der Waals surface area (Å²) in [7, 11) is -0.0178. The lowest BCUT2D eigenvalue weighted by molar-refractivity contribution is 0.720. The quantitative estimate of drug-likeness (QED) is 0.505. The molecule has 0 heterocycles. The Balaban J connectivity index is 4.48. The molecule has 0 amide bonds. The smallest absolute Gasteiger partial charge is 0.255 e. The van der Waals surface area contributed by atoms with Gasteiger partial charge in [0.25, 0.3) is 7.55 Å². The normalized spacial score (nSPS) is 18.1. The van der Waals surface area contributed by atoms with Crippen molar-refractivity contribution in [3.05, 3.63) is 12.3 Å². The molecular formula is C7H16ClNSi. The van der Waals surface area contributed by atoms with Crippen LogP contribution in [-0.2, 0) is 0 Å². The minimum absolute atomic E-state index is 0.130. The maximum atomic E-state index is 6.29. The van der Waals surface area contributed by atoms with E-state index in [0.29, 0.717) is 0 Å². The summed E-state index contributed by atoms with van der Waals surface area (Å²) in [6, 6.07) is 0. The van der Waals surface area contributed by atoms with Crippen LogP contribution < -0.4 is 4.98 Å². The molecule has 0 aliphatic carbocycles. The van der Waals surface area contributed by atoms with Crippen molar-refractivity contribution in [3.63, 3.8) is 0 Å². The third-order valence-corrected chi connectivity index (χ3v) is 7.94. The van der Waals surface area contributed by atoms with Gasteiger partial charge in [0.1, 0.15) is 0 Å². The monoisotopic (exact) mass is 177 g/mol. The third kappa shape index (κ3) is 1.84. The predicted molar refractivity (Wildman–Crippen MR) is 50.6 cm³/mol. The van der Waals surface area contributed by atoms with Gasteiger partial charge in [-0.2, -0.15) is 0 Å². The lowest BCUT2D eigenvalue weighted by atomic mass is 10.3. The maximum Gasteiger partial charge on any atom is 0.255 e. The second-order valence-corrected chi connectivity index (χ2v) is 9.04. The molecule has 10 heavy (non-hydrogen) atoms. The van der Waals surface area contributed by atoms with Crippen LogP contribution in [0.25, 0.3) is 0 Å². The van der Waals surface area contributed by atoms with Gasteiger partial charge in [-0.3, -0.25) is 0 Å². The van der Waals surface area contributed by atoms with Gasteiger partial charge < -0.3 is 4.98 Å². The van der Waals surface area contributed by atoms with Gasteiger partial charge in [0.15, 0.2) is 0 Å². The van der Waals surface area contributed by atoms with E-state index in [1.807, 2.05) is 12.7 Å². The molecule has 60 valence electrons. The van der Waals surface area contributed by atoms with E-state index < -0.39 is 7.55 Å². The van der Waals surface area contributed by atoms with Gasteiger partial charge in [-0.05, 0) is 12.1 Å². The van der Waals surface area contributed by atoms with Crippen LogP contribution in [0, 0.1) is 0 Å². The first-order valence-corrected chi connectivity index (χ1v) is 6.48. The van der Waals surface area contributed by atoms with Crippen LogP contribution >= 0.6 is 11.1 Å². The van der Waals surface area contributed by atoms with Gasteiger partial charge >= 0.3 is 0 Å². The van der Waals surface area contributed by atoms with E-state index in [1.165, 1.54) is 0 Å². The van der Waals surface area contributed by atoms with E-state index in [4.69, 9.17) is 11.1 Å². The van der Waals surface area contributed by atoms with Crippen molar-refractivity contribution in [2.75, 3.05) is 7.05 Å². The lowest BCUT2D eigenvalue weighted by Crippen LogP contribution is -2.49. The highest BCUT2D eigenvalue weighted by molar-refractivity contribution is 7.23. The highest BCUT2D eigenvalue weighted by Crippen LogP contribution is 2.36. The van der Waals surface area contributed by atoms with Crippen molar-refractivity contribution in [2.24, 2.45) is 0 Å². The third-order valence-electron chi connectivity index (χ3n) is 1.74. The Morgan fingerprint density at radius 2 is 1.90 bits per heavy atom. The molecular weight excluding hydrogens is 162 g/mol. The number of rotatable bonds is 2. The number of halogens is 1. The van der Waals surface area contributed by atoms with Crippen molar-refractivity contribution in [1.29, 1.82) is 0 Å². The maximum absolute atomic E-state index is 6.29. The van der Waals surface area contributed by atoms with Crippen LogP contribution in [0.2, 0.25) is 5.04 Å². The van der Waals surface area contributed by atoms with Crippen molar-refractivity contribution >= 4 is 18.6 Å². The fraction of sp³-hybridized carbons (Fsp3) is 0.714. The minimum atomic E-state index is -1.91. The van der Waals surface area contributed by atoms with Crippen LogP contribution in [0.4, 0.5) is 0 Å². The molecule has 0 aromatic rings. The molecule has 0 bridgehead atoms. The average Bonchev–Trinajstić information content (AvgIpc) is 1.84. The number of hydrogen-bond donors (Lipinski definition) is 1. The van der Waals surface area contributed by atoms with Gasteiger partial charge in [0.2, 0.25) is 0 Å². The SMILES string of the molecule is C=C[Si](Cl)(NC)C(C)(C)C. The molecule has 0 fully saturated rings. The molecule has 1 unspecified atom stereocenters. The largest absolute Gasteiger partial charge is 0.325 e. The Morgan fingerprint density at radius 3 is 1.90 bits per heavy atom. The second kappa shape index (κ2) is 3.07. The van der Waals surface area contributed by atoms with Crippen molar-refractivity contribution in [3.8, 4) is 0 Å².